The molecule has 1 amide bonds. The summed E-state index contributed by atoms with van der Waals surface area (Å²) in [5, 5.41) is 16.3. The van der Waals surface area contributed by atoms with Crippen LogP contribution in [0, 0.1) is 34.5 Å². The lowest BCUT2D eigenvalue weighted by Crippen LogP contribution is -2.51. The number of nitrogens with one attached hydrogen (secondary N) is 1. The Hall–Kier alpha value is -2.96. The summed E-state index contributed by atoms with van der Waals surface area (Å²) in [6.07, 6.45) is 10.8. The first kappa shape index (κ1) is 26.6. The lowest BCUT2D eigenvalue weighted by molar-refractivity contribution is -0.142. The van der Waals surface area contributed by atoms with E-state index in [1.165, 1.54) is 24.8 Å². The average molecular weight is 521 g/mol. The van der Waals surface area contributed by atoms with Gasteiger partial charge in [0.25, 0.3) is 5.91 Å². The summed E-state index contributed by atoms with van der Waals surface area (Å²) < 4.78 is 0. The molecule has 0 aliphatic heterocycles. The molecule has 5 rings (SSSR count). The molecule has 7 nitrogen and oxygen atoms in total. The van der Waals surface area contributed by atoms with Crippen molar-refractivity contribution >= 4 is 23.4 Å². The predicted molar refractivity (Wildman–Crippen MR) is 144 cm³/mol. The molecular formula is C31H40N2O5. The zero-order valence-electron chi connectivity index (χ0n) is 22.7. The van der Waals surface area contributed by atoms with Crippen molar-refractivity contribution in [3.63, 3.8) is 0 Å². The van der Waals surface area contributed by atoms with Gasteiger partial charge in [-0.2, -0.15) is 0 Å². The smallest absolute Gasteiger partial charge is 0.330 e. The van der Waals surface area contributed by atoms with Gasteiger partial charge in [0.15, 0.2) is 12.6 Å². The summed E-state index contributed by atoms with van der Waals surface area (Å²) in [4.78, 5) is 41.8. The molecule has 7 atom stereocenters. The molecule has 0 spiro atoms. The molecule has 3 saturated carbocycles. The lowest BCUT2D eigenvalue weighted by atomic mass is 9.46. The van der Waals surface area contributed by atoms with Crippen molar-refractivity contribution in [1.29, 1.82) is 0 Å². The number of Topliss-reactive ketones (excluding diaryl/α,β-unsaturated/α-hetero) is 1. The molecule has 0 radical (unpaired) electrons. The van der Waals surface area contributed by atoms with Crippen LogP contribution < -0.4 is 5.32 Å². The Morgan fingerprint density at radius 2 is 1.82 bits per heavy atom. The van der Waals surface area contributed by atoms with E-state index in [1.807, 2.05) is 0 Å². The number of allylic oxidation sites excluding steroid dienone is 2. The molecule has 0 heterocycles. The molecule has 0 aromatic heterocycles. The number of carboxylic acid groups (broad SMARTS) is 1. The van der Waals surface area contributed by atoms with Gasteiger partial charge in [0.2, 0.25) is 0 Å². The molecule has 0 unspecified atom stereocenters. The summed E-state index contributed by atoms with van der Waals surface area (Å²) >= 11 is 0. The molecule has 1 aromatic carbocycles. The van der Waals surface area contributed by atoms with Crippen LogP contribution in [0.4, 0.5) is 0 Å². The van der Waals surface area contributed by atoms with Crippen molar-refractivity contribution in [2.75, 3.05) is 6.61 Å². The standard InChI is InChI=1S/C31H40N2O5/c1-19(34)24-11-12-25-23-10-9-21-17-22(13-15-30(21,2)26(23)14-16-31(24,25)3)33-38-18-27(35)32-28(29(36)37)20-7-5-4-6-8-20/h4-8,17,23-26,28H,9-16,18H2,1-3H3,(H,32,35)(H,36,37)/t23-,24-,25+,26+,28-,30-,31+/m0/s1. The summed E-state index contributed by atoms with van der Waals surface area (Å²) in [5.74, 6) is 0.940. The van der Waals surface area contributed by atoms with Crippen LogP contribution in [-0.4, -0.2) is 35.1 Å². The van der Waals surface area contributed by atoms with Gasteiger partial charge in [-0.05, 0) is 98.5 Å². The molecule has 0 saturated heterocycles. The van der Waals surface area contributed by atoms with E-state index in [0.29, 0.717) is 29.1 Å². The number of oxime groups is 1. The highest BCUT2D eigenvalue weighted by Gasteiger charge is 2.59. The second-order valence-corrected chi connectivity index (χ2v) is 12.4. The topological polar surface area (TPSA) is 105 Å². The first-order valence-electron chi connectivity index (χ1n) is 14.1. The van der Waals surface area contributed by atoms with E-state index in [4.69, 9.17) is 4.84 Å². The minimum Gasteiger partial charge on any atom is -0.479 e. The molecule has 3 fully saturated rings. The minimum absolute atomic E-state index is 0.152. The SMILES string of the molecule is CC(=O)[C@@H]1CC[C@@H]2[C@@H]3CCC4=CC(=NOCC(=O)N[C@H](C(=O)O)c5ccccc5)CC[C@]4(C)[C@@H]3CC[C@@]21C. The molecule has 7 heteroatoms. The van der Waals surface area contributed by atoms with Gasteiger partial charge in [0.05, 0.1) is 5.71 Å². The zero-order chi connectivity index (χ0) is 27.1. The largest absolute Gasteiger partial charge is 0.479 e. The fourth-order valence-electron chi connectivity index (χ4n) is 8.62. The maximum absolute atomic E-state index is 12.4. The molecule has 1 aromatic rings. The summed E-state index contributed by atoms with van der Waals surface area (Å²) in [6, 6.07) is 7.47. The molecule has 4 aliphatic carbocycles. The van der Waals surface area contributed by atoms with Crippen LogP contribution in [0.5, 0.6) is 0 Å². The molecule has 2 N–H and O–H groups in total. The number of carboxylic acids is 1. The van der Waals surface area contributed by atoms with Gasteiger partial charge in [0.1, 0.15) is 5.78 Å². The van der Waals surface area contributed by atoms with Gasteiger partial charge in [-0.25, -0.2) is 4.79 Å². The highest BCUT2D eigenvalue weighted by molar-refractivity contribution is 5.96. The van der Waals surface area contributed by atoms with Crippen LogP contribution >= 0.6 is 0 Å². The number of nitrogens with zero attached hydrogens (tertiary/aromatic N) is 1. The van der Waals surface area contributed by atoms with Crippen LogP contribution in [0.2, 0.25) is 0 Å². The van der Waals surface area contributed by atoms with Crippen molar-refractivity contribution in [3.8, 4) is 0 Å². The second kappa shape index (κ2) is 10.3. The van der Waals surface area contributed by atoms with Gasteiger partial charge < -0.3 is 15.3 Å². The Kier molecular flexibility index (Phi) is 7.23. The number of benzene rings is 1. The maximum Gasteiger partial charge on any atom is 0.330 e. The Morgan fingerprint density at radius 3 is 2.53 bits per heavy atom. The number of carbonyl (C=O) groups is 3. The number of ketones is 1. The fourth-order valence-corrected chi connectivity index (χ4v) is 8.62. The van der Waals surface area contributed by atoms with E-state index < -0.39 is 17.9 Å². The van der Waals surface area contributed by atoms with Gasteiger partial charge in [0, 0.05) is 5.92 Å². The van der Waals surface area contributed by atoms with Crippen LogP contribution in [-0.2, 0) is 19.2 Å². The van der Waals surface area contributed by atoms with Gasteiger partial charge in [-0.1, -0.05) is 54.9 Å². The van der Waals surface area contributed by atoms with Gasteiger partial charge >= 0.3 is 5.97 Å². The summed E-state index contributed by atoms with van der Waals surface area (Å²) in [7, 11) is 0. The van der Waals surface area contributed by atoms with E-state index in [2.05, 4.69) is 30.4 Å². The minimum atomic E-state index is -1.13. The van der Waals surface area contributed by atoms with E-state index in [9.17, 15) is 19.5 Å². The Morgan fingerprint density at radius 1 is 1.05 bits per heavy atom. The number of hydrogen-bond acceptors (Lipinski definition) is 5. The average Bonchev–Trinajstić information content (AvgIpc) is 3.25. The molecular weight excluding hydrogens is 480 g/mol. The number of aliphatic carboxylic acids is 1. The Labute approximate surface area is 225 Å². The molecule has 204 valence electrons. The summed E-state index contributed by atoms with van der Waals surface area (Å²) in [5.41, 5.74) is 3.11. The van der Waals surface area contributed by atoms with Crippen LogP contribution in [0.15, 0.2) is 47.1 Å². The zero-order valence-corrected chi connectivity index (χ0v) is 22.7. The second-order valence-electron chi connectivity index (χ2n) is 12.4. The number of carbonyl (C=O) groups excluding carboxylic acids is 2. The van der Waals surface area contributed by atoms with Crippen molar-refractivity contribution in [2.45, 2.75) is 78.2 Å². The number of amides is 1. The monoisotopic (exact) mass is 520 g/mol. The highest BCUT2D eigenvalue weighted by atomic mass is 16.6. The quantitative estimate of drug-likeness (QED) is 0.464. The lowest BCUT2D eigenvalue weighted by Gasteiger charge is -2.58. The molecule has 38 heavy (non-hydrogen) atoms. The van der Waals surface area contributed by atoms with Crippen molar-refractivity contribution in [3.05, 3.63) is 47.5 Å². The van der Waals surface area contributed by atoms with Crippen LogP contribution in [0.1, 0.15) is 83.7 Å². The number of hydrogen-bond donors (Lipinski definition) is 2. The third-order valence-corrected chi connectivity index (χ3v) is 10.5. The maximum atomic E-state index is 12.4. The first-order chi connectivity index (χ1) is 18.1. The molecule has 4 aliphatic rings. The Bertz CT molecular complexity index is 1160. The van der Waals surface area contributed by atoms with Gasteiger partial charge in [-0.3, -0.25) is 9.59 Å². The highest BCUT2D eigenvalue weighted by Crippen LogP contribution is 2.66. The third-order valence-electron chi connectivity index (χ3n) is 10.5. The fraction of sp³-hybridized carbons (Fsp3) is 0.613. The summed E-state index contributed by atoms with van der Waals surface area (Å²) in [6.45, 7) is 6.27. The Balaban J connectivity index is 1.22. The van der Waals surface area contributed by atoms with E-state index in [0.717, 1.165) is 37.8 Å². The number of rotatable bonds is 7. The molecule has 0 bridgehead atoms. The van der Waals surface area contributed by atoms with Crippen molar-refractivity contribution in [1.82, 2.24) is 5.32 Å². The first-order valence-corrected chi connectivity index (χ1v) is 14.1. The van der Waals surface area contributed by atoms with E-state index >= 15 is 0 Å². The van der Waals surface area contributed by atoms with Crippen LogP contribution in [0.25, 0.3) is 0 Å². The van der Waals surface area contributed by atoms with E-state index in [1.54, 1.807) is 37.3 Å². The van der Waals surface area contributed by atoms with Crippen LogP contribution in [0.3, 0.4) is 0 Å². The third kappa shape index (κ3) is 4.69. The van der Waals surface area contributed by atoms with E-state index in [-0.39, 0.29) is 23.4 Å². The predicted octanol–water partition coefficient (Wildman–Crippen LogP) is 5.47. The van der Waals surface area contributed by atoms with Crippen molar-refractivity contribution in [2.24, 2.45) is 39.7 Å². The normalized spacial score (nSPS) is 35.8. The van der Waals surface area contributed by atoms with Crippen molar-refractivity contribution < 1.29 is 24.3 Å². The van der Waals surface area contributed by atoms with Gasteiger partial charge in [-0.15, -0.1) is 0 Å². The number of fused-ring (bicyclic) bond motifs is 5.